The lowest BCUT2D eigenvalue weighted by Gasteiger charge is -2.29. The number of rotatable bonds is 11. The molecule has 2 aromatic carbocycles. The summed E-state index contributed by atoms with van der Waals surface area (Å²) in [4.78, 5) is 27.4. The molecule has 0 spiro atoms. The standard InChI is InChI=1S/C23H27BrCl2N2O2S/c1-3-4-11-27-23(30)16(2)28(13-17-7-5-8-18(24)12-17)22(29)15-31-14-19-20(25)9-6-10-21(19)26/h5-10,12,16H,3-4,11,13-15H2,1-2H3,(H,27,30)/t16-/m0/s1. The Hall–Kier alpha value is -1.21. The summed E-state index contributed by atoms with van der Waals surface area (Å²) in [6.45, 7) is 4.81. The third-order valence-corrected chi connectivity index (χ3v) is 6.92. The first-order valence-electron chi connectivity index (χ1n) is 10.2. The second-order valence-electron chi connectivity index (χ2n) is 7.17. The van der Waals surface area contributed by atoms with Gasteiger partial charge < -0.3 is 10.2 Å². The van der Waals surface area contributed by atoms with Gasteiger partial charge in [0.15, 0.2) is 0 Å². The molecule has 8 heteroatoms. The van der Waals surface area contributed by atoms with Crippen LogP contribution in [-0.4, -0.2) is 35.1 Å². The zero-order valence-electron chi connectivity index (χ0n) is 17.7. The van der Waals surface area contributed by atoms with Gasteiger partial charge in [-0.1, -0.05) is 70.7 Å². The Morgan fingerprint density at radius 1 is 1.16 bits per heavy atom. The van der Waals surface area contributed by atoms with Gasteiger partial charge in [0.05, 0.1) is 5.75 Å². The lowest BCUT2D eigenvalue weighted by molar-refractivity contribution is -0.138. The van der Waals surface area contributed by atoms with Gasteiger partial charge in [0.25, 0.3) is 0 Å². The molecule has 0 saturated heterocycles. The van der Waals surface area contributed by atoms with E-state index in [4.69, 9.17) is 23.2 Å². The van der Waals surface area contributed by atoms with Gasteiger partial charge in [0.1, 0.15) is 6.04 Å². The van der Waals surface area contributed by atoms with Gasteiger partial charge >= 0.3 is 0 Å². The summed E-state index contributed by atoms with van der Waals surface area (Å²) >= 11 is 17.4. The number of hydrogen-bond acceptors (Lipinski definition) is 3. The average Bonchev–Trinajstić information content (AvgIpc) is 2.73. The summed E-state index contributed by atoms with van der Waals surface area (Å²) < 4.78 is 0.931. The molecule has 0 heterocycles. The van der Waals surface area contributed by atoms with Crippen LogP contribution in [0.5, 0.6) is 0 Å². The Labute approximate surface area is 207 Å². The smallest absolute Gasteiger partial charge is 0.242 e. The van der Waals surface area contributed by atoms with E-state index in [9.17, 15) is 9.59 Å². The first-order valence-corrected chi connectivity index (χ1v) is 12.9. The highest BCUT2D eigenvalue weighted by Gasteiger charge is 2.26. The number of unbranched alkanes of at least 4 members (excludes halogenated alkanes) is 1. The Kier molecular flexibility index (Phi) is 11.2. The predicted octanol–water partition coefficient (Wildman–Crippen LogP) is 6.32. The van der Waals surface area contributed by atoms with E-state index in [1.807, 2.05) is 24.3 Å². The molecule has 0 fully saturated rings. The van der Waals surface area contributed by atoms with E-state index in [0.717, 1.165) is 28.4 Å². The maximum absolute atomic E-state index is 13.1. The SMILES string of the molecule is CCCCNC(=O)[C@H](C)N(Cc1cccc(Br)c1)C(=O)CSCc1c(Cl)cccc1Cl. The molecule has 0 saturated carbocycles. The second kappa shape index (κ2) is 13.4. The van der Waals surface area contributed by atoms with Crippen molar-refractivity contribution in [3.8, 4) is 0 Å². The summed E-state index contributed by atoms with van der Waals surface area (Å²) in [5.41, 5.74) is 1.77. The Morgan fingerprint density at radius 3 is 2.48 bits per heavy atom. The van der Waals surface area contributed by atoms with Crippen molar-refractivity contribution in [2.24, 2.45) is 0 Å². The molecular formula is C23H27BrCl2N2O2S. The third-order valence-electron chi connectivity index (χ3n) is 4.77. The van der Waals surface area contributed by atoms with E-state index in [0.29, 0.717) is 28.9 Å². The summed E-state index contributed by atoms with van der Waals surface area (Å²) in [6, 6.07) is 12.5. The molecule has 31 heavy (non-hydrogen) atoms. The molecule has 0 aromatic heterocycles. The van der Waals surface area contributed by atoms with Crippen molar-refractivity contribution in [1.29, 1.82) is 0 Å². The van der Waals surface area contributed by atoms with Crippen molar-refractivity contribution < 1.29 is 9.59 Å². The van der Waals surface area contributed by atoms with E-state index in [-0.39, 0.29) is 17.6 Å². The van der Waals surface area contributed by atoms with E-state index in [2.05, 4.69) is 28.2 Å². The zero-order chi connectivity index (χ0) is 22.8. The fraction of sp³-hybridized carbons (Fsp3) is 0.391. The molecule has 2 amide bonds. The molecule has 0 unspecified atom stereocenters. The van der Waals surface area contributed by atoms with Gasteiger partial charge in [0.2, 0.25) is 11.8 Å². The lowest BCUT2D eigenvalue weighted by Crippen LogP contribution is -2.48. The number of nitrogens with zero attached hydrogens (tertiary/aromatic N) is 1. The molecule has 0 radical (unpaired) electrons. The van der Waals surface area contributed by atoms with Gasteiger partial charge in [-0.3, -0.25) is 9.59 Å². The van der Waals surface area contributed by atoms with Crippen molar-refractivity contribution in [3.63, 3.8) is 0 Å². The molecule has 1 atom stereocenters. The number of carbonyl (C=O) groups is 2. The molecular weight excluding hydrogens is 519 g/mol. The predicted molar refractivity (Wildman–Crippen MR) is 135 cm³/mol. The van der Waals surface area contributed by atoms with E-state index in [1.165, 1.54) is 11.8 Å². The van der Waals surface area contributed by atoms with Gasteiger partial charge in [-0.25, -0.2) is 0 Å². The minimum atomic E-state index is -0.576. The number of nitrogens with one attached hydrogen (secondary N) is 1. The first kappa shape index (κ1) is 26.0. The van der Waals surface area contributed by atoms with E-state index >= 15 is 0 Å². The van der Waals surface area contributed by atoms with Gasteiger partial charge in [0, 0.05) is 33.4 Å². The first-order chi connectivity index (χ1) is 14.8. The van der Waals surface area contributed by atoms with Crippen LogP contribution in [0, 0.1) is 0 Å². The van der Waals surface area contributed by atoms with Crippen LogP contribution in [0.2, 0.25) is 10.0 Å². The van der Waals surface area contributed by atoms with E-state index < -0.39 is 6.04 Å². The molecule has 168 valence electrons. The molecule has 2 rings (SSSR count). The molecule has 0 aliphatic carbocycles. The van der Waals surface area contributed by atoms with Crippen molar-refractivity contribution >= 4 is 62.7 Å². The van der Waals surface area contributed by atoms with Gasteiger partial charge in [-0.05, 0) is 48.7 Å². The number of halogens is 3. The second-order valence-corrected chi connectivity index (χ2v) is 9.88. The number of carbonyl (C=O) groups excluding carboxylic acids is 2. The van der Waals surface area contributed by atoms with Crippen molar-refractivity contribution in [1.82, 2.24) is 10.2 Å². The summed E-state index contributed by atoms with van der Waals surface area (Å²) in [5.74, 6) is 0.496. The quantitative estimate of drug-likeness (QED) is 0.336. The van der Waals surface area contributed by atoms with Crippen LogP contribution < -0.4 is 5.32 Å². The van der Waals surface area contributed by atoms with Crippen molar-refractivity contribution in [3.05, 3.63) is 68.1 Å². The molecule has 2 aromatic rings. The normalized spacial score (nSPS) is 11.8. The fourth-order valence-corrected chi connectivity index (χ4v) is 5.04. The fourth-order valence-electron chi connectivity index (χ4n) is 2.94. The largest absolute Gasteiger partial charge is 0.354 e. The summed E-state index contributed by atoms with van der Waals surface area (Å²) in [5, 5.41) is 4.10. The third kappa shape index (κ3) is 8.33. The highest BCUT2D eigenvalue weighted by Crippen LogP contribution is 2.28. The Balaban J connectivity index is 2.08. The highest BCUT2D eigenvalue weighted by molar-refractivity contribution is 9.10. The summed E-state index contributed by atoms with van der Waals surface area (Å²) in [7, 11) is 0. The summed E-state index contributed by atoms with van der Waals surface area (Å²) in [6.07, 6.45) is 1.91. The highest BCUT2D eigenvalue weighted by atomic mass is 79.9. The topological polar surface area (TPSA) is 49.4 Å². The molecule has 4 nitrogen and oxygen atoms in total. The lowest BCUT2D eigenvalue weighted by atomic mass is 10.1. The van der Waals surface area contributed by atoms with Gasteiger partial charge in [-0.15, -0.1) is 11.8 Å². The minimum absolute atomic E-state index is 0.105. The molecule has 0 bridgehead atoms. The number of thioether (sulfide) groups is 1. The number of benzene rings is 2. The van der Waals surface area contributed by atoms with Crippen LogP contribution in [0.25, 0.3) is 0 Å². The molecule has 1 N–H and O–H groups in total. The minimum Gasteiger partial charge on any atom is -0.354 e. The van der Waals surface area contributed by atoms with Crippen LogP contribution in [0.3, 0.4) is 0 Å². The monoisotopic (exact) mass is 544 g/mol. The maximum Gasteiger partial charge on any atom is 0.242 e. The van der Waals surface area contributed by atoms with Gasteiger partial charge in [-0.2, -0.15) is 0 Å². The maximum atomic E-state index is 13.1. The Morgan fingerprint density at radius 2 is 1.84 bits per heavy atom. The number of hydrogen-bond donors (Lipinski definition) is 1. The molecule has 0 aliphatic rings. The van der Waals surface area contributed by atoms with Crippen LogP contribution in [0.1, 0.15) is 37.8 Å². The number of amides is 2. The van der Waals surface area contributed by atoms with Crippen LogP contribution >= 0.6 is 50.9 Å². The van der Waals surface area contributed by atoms with Crippen LogP contribution in [0.4, 0.5) is 0 Å². The van der Waals surface area contributed by atoms with Crippen LogP contribution in [0.15, 0.2) is 46.9 Å². The van der Waals surface area contributed by atoms with E-state index in [1.54, 1.807) is 30.0 Å². The molecule has 0 aliphatic heterocycles. The van der Waals surface area contributed by atoms with Crippen LogP contribution in [-0.2, 0) is 21.9 Å². The average molecular weight is 546 g/mol. The van der Waals surface area contributed by atoms with Crippen molar-refractivity contribution in [2.45, 2.75) is 45.0 Å². The zero-order valence-corrected chi connectivity index (χ0v) is 21.6. The Bertz CT molecular complexity index is 877. The van der Waals surface area contributed by atoms with Crippen molar-refractivity contribution in [2.75, 3.05) is 12.3 Å².